The molecule has 0 bridgehead atoms. The van der Waals surface area contributed by atoms with Gasteiger partial charge in [-0.1, -0.05) is 24.3 Å². The number of aromatic nitrogens is 2. The molecule has 1 aromatic heterocycles. The predicted molar refractivity (Wildman–Crippen MR) is 83.5 cm³/mol. The summed E-state index contributed by atoms with van der Waals surface area (Å²) in [6.45, 7) is 0.904. The van der Waals surface area contributed by atoms with Crippen molar-refractivity contribution in [3.05, 3.63) is 59.0 Å². The number of benzene rings is 2. The van der Waals surface area contributed by atoms with Gasteiger partial charge in [0, 0.05) is 7.05 Å². The summed E-state index contributed by atoms with van der Waals surface area (Å²) < 4.78 is 15.1. The molecule has 1 aliphatic heterocycles. The van der Waals surface area contributed by atoms with Crippen LogP contribution >= 0.6 is 0 Å². The highest BCUT2D eigenvalue weighted by Crippen LogP contribution is 2.31. The molecule has 2 heterocycles. The number of nitrogens with zero attached hydrogens (tertiary/aromatic N) is 2. The Morgan fingerprint density at radius 2 is 1.73 bits per heavy atom. The zero-order valence-corrected chi connectivity index (χ0v) is 12.2. The molecule has 0 saturated carbocycles. The van der Waals surface area contributed by atoms with Gasteiger partial charge in [-0.25, -0.2) is 4.79 Å². The van der Waals surface area contributed by atoms with Gasteiger partial charge in [-0.15, -0.1) is 0 Å². The summed E-state index contributed by atoms with van der Waals surface area (Å²) in [5.74, 6) is 1.48. The third kappa shape index (κ3) is 1.97. The number of hydrogen-bond acceptors (Lipinski definition) is 3. The molecule has 5 nitrogen and oxygen atoms in total. The van der Waals surface area contributed by atoms with Crippen molar-refractivity contribution < 1.29 is 9.47 Å². The molecule has 0 radical (unpaired) electrons. The fraction of sp³-hybridized carbons (Fsp3) is 0.235. The van der Waals surface area contributed by atoms with Crippen molar-refractivity contribution >= 4 is 11.0 Å². The van der Waals surface area contributed by atoms with Crippen LogP contribution in [0.2, 0.25) is 0 Å². The Kier molecular flexibility index (Phi) is 2.92. The summed E-state index contributed by atoms with van der Waals surface area (Å²) in [7, 11) is 1.79. The molecule has 0 spiro atoms. The van der Waals surface area contributed by atoms with Crippen molar-refractivity contribution in [3.63, 3.8) is 0 Å². The second-order valence-corrected chi connectivity index (χ2v) is 5.44. The first-order valence-corrected chi connectivity index (χ1v) is 7.27. The van der Waals surface area contributed by atoms with Crippen molar-refractivity contribution in [2.45, 2.75) is 12.6 Å². The van der Waals surface area contributed by atoms with Crippen molar-refractivity contribution in [2.75, 3.05) is 6.61 Å². The van der Waals surface area contributed by atoms with Gasteiger partial charge in [0.1, 0.15) is 6.61 Å². The van der Waals surface area contributed by atoms with Gasteiger partial charge in [0.05, 0.1) is 17.6 Å². The number of aryl methyl sites for hydroxylation is 1. The molecule has 0 aliphatic carbocycles. The van der Waals surface area contributed by atoms with Crippen LogP contribution in [0.3, 0.4) is 0 Å². The van der Waals surface area contributed by atoms with Crippen molar-refractivity contribution in [1.29, 1.82) is 0 Å². The third-order valence-corrected chi connectivity index (χ3v) is 4.01. The fourth-order valence-corrected chi connectivity index (χ4v) is 2.90. The highest BCUT2D eigenvalue weighted by Gasteiger charge is 2.23. The van der Waals surface area contributed by atoms with E-state index in [0.717, 1.165) is 22.5 Å². The second-order valence-electron chi connectivity index (χ2n) is 5.44. The average molecular weight is 296 g/mol. The molecule has 22 heavy (non-hydrogen) atoms. The van der Waals surface area contributed by atoms with Crippen LogP contribution in [0.5, 0.6) is 11.5 Å². The Hall–Kier alpha value is -2.69. The molecule has 2 aromatic carbocycles. The molecule has 4 rings (SSSR count). The Morgan fingerprint density at radius 1 is 1.05 bits per heavy atom. The maximum Gasteiger partial charge on any atom is 0.328 e. The van der Waals surface area contributed by atoms with Crippen LogP contribution in [0.1, 0.15) is 0 Å². The van der Waals surface area contributed by atoms with E-state index >= 15 is 0 Å². The Morgan fingerprint density at radius 3 is 2.55 bits per heavy atom. The van der Waals surface area contributed by atoms with Crippen LogP contribution in [-0.2, 0) is 13.6 Å². The molecular weight excluding hydrogens is 280 g/mol. The number of fused-ring (bicyclic) bond motifs is 2. The highest BCUT2D eigenvalue weighted by atomic mass is 16.6. The van der Waals surface area contributed by atoms with Gasteiger partial charge in [-0.2, -0.15) is 0 Å². The van der Waals surface area contributed by atoms with E-state index in [1.807, 2.05) is 48.5 Å². The molecule has 0 amide bonds. The lowest BCUT2D eigenvalue weighted by molar-refractivity contribution is 0.0786. The Labute approximate surface area is 127 Å². The minimum Gasteiger partial charge on any atom is -0.486 e. The average Bonchev–Trinajstić information content (AvgIpc) is 2.80. The normalized spacial score (nSPS) is 16.9. The van der Waals surface area contributed by atoms with E-state index in [-0.39, 0.29) is 11.8 Å². The van der Waals surface area contributed by atoms with Crippen LogP contribution in [0.25, 0.3) is 11.0 Å². The number of imidazole rings is 1. The van der Waals surface area contributed by atoms with Crippen LogP contribution in [0.15, 0.2) is 53.3 Å². The molecule has 1 atom stereocenters. The molecular formula is C17H16N2O3. The zero-order chi connectivity index (χ0) is 15.1. The van der Waals surface area contributed by atoms with E-state index in [0.29, 0.717) is 13.2 Å². The van der Waals surface area contributed by atoms with Gasteiger partial charge in [-0.05, 0) is 24.3 Å². The van der Waals surface area contributed by atoms with Gasteiger partial charge in [0.2, 0.25) is 0 Å². The van der Waals surface area contributed by atoms with Crippen molar-refractivity contribution in [3.8, 4) is 11.5 Å². The van der Waals surface area contributed by atoms with Crippen LogP contribution in [0, 0.1) is 0 Å². The molecule has 1 aliphatic rings. The standard InChI is InChI=1S/C17H16N2O3/c1-18-13-6-2-3-7-14(13)19(17(18)20)10-12-11-21-15-8-4-5-9-16(15)22-12/h2-9,12H,10-11H2,1H3. The number of para-hydroxylation sites is 4. The SMILES string of the molecule is Cn1c(=O)n(CC2COc3ccccc3O2)c2ccccc21. The largest absolute Gasteiger partial charge is 0.486 e. The molecule has 0 saturated heterocycles. The minimum absolute atomic E-state index is 0.0383. The lowest BCUT2D eigenvalue weighted by atomic mass is 10.2. The molecule has 3 aromatic rings. The zero-order valence-electron chi connectivity index (χ0n) is 12.2. The molecule has 1 unspecified atom stereocenters. The topological polar surface area (TPSA) is 45.4 Å². The number of hydrogen-bond donors (Lipinski definition) is 0. The summed E-state index contributed by atoms with van der Waals surface area (Å²) in [4.78, 5) is 12.4. The lowest BCUT2D eigenvalue weighted by Gasteiger charge is -2.26. The first-order chi connectivity index (χ1) is 10.7. The van der Waals surface area contributed by atoms with E-state index in [9.17, 15) is 4.79 Å². The van der Waals surface area contributed by atoms with Crippen molar-refractivity contribution in [2.24, 2.45) is 7.05 Å². The fourth-order valence-electron chi connectivity index (χ4n) is 2.90. The van der Waals surface area contributed by atoms with Gasteiger partial charge >= 0.3 is 5.69 Å². The quantitative estimate of drug-likeness (QED) is 0.728. The second kappa shape index (κ2) is 4.94. The Bertz CT molecular complexity index is 894. The van der Waals surface area contributed by atoms with Gasteiger partial charge in [-0.3, -0.25) is 9.13 Å². The van der Waals surface area contributed by atoms with E-state index in [1.165, 1.54) is 0 Å². The van der Waals surface area contributed by atoms with Gasteiger partial charge in [0.25, 0.3) is 0 Å². The molecule has 112 valence electrons. The summed E-state index contributed by atoms with van der Waals surface area (Å²) >= 11 is 0. The first-order valence-electron chi connectivity index (χ1n) is 7.27. The summed E-state index contributed by atoms with van der Waals surface area (Å²) in [6, 6.07) is 15.4. The number of rotatable bonds is 2. The van der Waals surface area contributed by atoms with Gasteiger partial charge < -0.3 is 9.47 Å². The van der Waals surface area contributed by atoms with E-state index in [1.54, 1.807) is 16.2 Å². The van der Waals surface area contributed by atoms with E-state index in [2.05, 4.69) is 0 Å². The summed E-state index contributed by atoms with van der Waals surface area (Å²) in [6.07, 6.45) is -0.182. The smallest absolute Gasteiger partial charge is 0.328 e. The molecule has 0 N–H and O–H groups in total. The highest BCUT2D eigenvalue weighted by molar-refractivity contribution is 5.75. The van der Waals surface area contributed by atoms with Crippen LogP contribution in [0.4, 0.5) is 0 Å². The van der Waals surface area contributed by atoms with Crippen LogP contribution < -0.4 is 15.2 Å². The number of ether oxygens (including phenoxy) is 2. The molecule has 0 fully saturated rings. The molecule has 5 heteroatoms. The lowest BCUT2D eigenvalue weighted by Crippen LogP contribution is -2.36. The third-order valence-electron chi connectivity index (χ3n) is 4.01. The van der Waals surface area contributed by atoms with Crippen LogP contribution in [-0.4, -0.2) is 21.8 Å². The summed E-state index contributed by atoms with van der Waals surface area (Å²) in [5.41, 5.74) is 1.80. The first kappa shape index (κ1) is 13.0. The maximum atomic E-state index is 12.4. The minimum atomic E-state index is -0.182. The van der Waals surface area contributed by atoms with E-state index in [4.69, 9.17) is 9.47 Å². The van der Waals surface area contributed by atoms with Gasteiger partial charge in [0.15, 0.2) is 17.6 Å². The maximum absolute atomic E-state index is 12.4. The monoisotopic (exact) mass is 296 g/mol. The predicted octanol–water partition coefficient (Wildman–Crippen LogP) is 2.18. The van der Waals surface area contributed by atoms with E-state index < -0.39 is 0 Å². The summed E-state index contributed by atoms with van der Waals surface area (Å²) in [5, 5.41) is 0. The van der Waals surface area contributed by atoms with Crippen molar-refractivity contribution in [1.82, 2.24) is 9.13 Å². The Balaban J connectivity index is 1.68.